The second kappa shape index (κ2) is 7.04. The molecule has 1 aromatic heterocycles. The van der Waals surface area contributed by atoms with Crippen molar-refractivity contribution in [2.45, 2.75) is 25.7 Å². The summed E-state index contributed by atoms with van der Waals surface area (Å²) >= 11 is 0. The SMILES string of the molecule is CC(C)c1cc(C(=O)NCC(C(=O)O)c2ccc(F)cc2)on1. The second-order valence-electron chi connectivity index (χ2n) is 5.42. The fraction of sp³-hybridized carbons (Fsp3) is 0.312. The van der Waals surface area contributed by atoms with Gasteiger partial charge < -0.3 is 14.9 Å². The van der Waals surface area contributed by atoms with Gasteiger partial charge in [0.15, 0.2) is 0 Å². The number of carboxylic acids is 1. The molecule has 2 aromatic rings. The molecule has 6 nitrogen and oxygen atoms in total. The number of benzene rings is 1. The van der Waals surface area contributed by atoms with E-state index in [-0.39, 0.29) is 18.2 Å². The summed E-state index contributed by atoms with van der Waals surface area (Å²) in [4.78, 5) is 23.3. The second-order valence-corrected chi connectivity index (χ2v) is 5.42. The Kier molecular flexibility index (Phi) is 5.10. The van der Waals surface area contributed by atoms with Crippen LogP contribution in [-0.4, -0.2) is 28.7 Å². The van der Waals surface area contributed by atoms with Crippen LogP contribution in [0.4, 0.5) is 4.39 Å². The predicted octanol–water partition coefficient (Wildman–Crippen LogP) is 2.54. The fourth-order valence-corrected chi connectivity index (χ4v) is 1.99. The molecule has 1 heterocycles. The molecule has 0 bridgehead atoms. The number of hydrogen-bond acceptors (Lipinski definition) is 4. The molecule has 0 spiro atoms. The Labute approximate surface area is 132 Å². The van der Waals surface area contributed by atoms with E-state index in [0.29, 0.717) is 11.3 Å². The zero-order valence-corrected chi connectivity index (χ0v) is 12.7. The Morgan fingerprint density at radius 2 is 1.96 bits per heavy atom. The summed E-state index contributed by atoms with van der Waals surface area (Å²) in [6.45, 7) is 3.68. The minimum absolute atomic E-state index is 0.0249. The highest BCUT2D eigenvalue weighted by molar-refractivity contribution is 5.92. The molecule has 1 amide bonds. The first kappa shape index (κ1) is 16.7. The van der Waals surface area contributed by atoms with E-state index in [1.165, 1.54) is 30.3 Å². The van der Waals surface area contributed by atoms with Gasteiger partial charge in [0.25, 0.3) is 5.91 Å². The van der Waals surface area contributed by atoms with Crippen LogP contribution in [0.3, 0.4) is 0 Å². The van der Waals surface area contributed by atoms with Crippen molar-refractivity contribution in [3.8, 4) is 0 Å². The number of aliphatic carboxylic acids is 1. The maximum atomic E-state index is 12.9. The van der Waals surface area contributed by atoms with Crippen LogP contribution in [0.25, 0.3) is 0 Å². The molecule has 23 heavy (non-hydrogen) atoms. The van der Waals surface area contributed by atoms with E-state index < -0.39 is 23.6 Å². The van der Waals surface area contributed by atoms with Crippen molar-refractivity contribution in [3.63, 3.8) is 0 Å². The van der Waals surface area contributed by atoms with Gasteiger partial charge in [-0.05, 0) is 23.6 Å². The van der Waals surface area contributed by atoms with Crippen LogP contribution in [0.5, 0.6) is 0 Å². The van der Waals surface area contributed by atoms with Gasteiger partial charge in [-0.3, -0.25) is 9.59 Å². The van der Waals surface area contributed by atoms with Crippen molar-refractivity contribution < 1.29 is 23.6 Å². The van der Waals surface area contributed by atoms with Gasteiger partial charge in [0.2, 0.25) is 5.76 Å². The molecule has 1 unspecified atom stereocenters. The van der Waals surface area contributed by atoms with Crippen LogP contribution < -0.4 is 5.32 Å². The Bertz CT molecular complexity index is 694. The molecule has 0 aliphatic carbocycles. The monoisotopic (exact) mass is 320 g/mol. The molecule has 0 aliphatic heterocycles. The molecule has 122 valence electrons. The molecule has 2 rings (SSSR count). The first-order valence-corrected chi connectivity index (χ1v) is 7.11. The summed E-state index contributed by atoms with van der Waals surface area (Å²) in [7, 11) is 0. The van der Waals surface area contributed by atoms with Crippen LogP contribution >= 0.6 is 0 Å². The van der Waals surface area contributed by atoms with Gasteiger partial charge in [-0.2, -0.15) is 0 Å². The lowest BCUT2D eigenvalue weighted by molar-refractivity contribution is -0.138. The summed E-state index contributed by atoms with van der Waals surface area (Å²) in [6.07, 6.45) is 0. The lowest BCUT2D eigenvalue weighted by Gasteiger charge is -2.13. The van der Waals surface area contributed by atoms with Crippen molar-refractivity contribution in [2.24, 2.45) is 0 Å². The van der Waals surface area contributed by atoms with Gasteiger partial charge in [0.05, 0.1) is 11.6 Å². The minimum Gasteiger partial charge on any atom is -0.481 e. The van der Waals surface area contributed by atoms with Crippen LogP contribution in [0, 0.1) is 5.82 Å². The van der Waals surface area contributed by atoms with E-state index in [9.17, 15) is 19.1 Å². The van der Waals surface area contributed by atoms with E-state index in [1.54, 1.807) is 0 Å². The molecular formula is C16H17FN2O4. The highest BCUT2D eigenvalue weighted by Gasteiger charge is 2.22. The number of amides is 1. The summed E-state index contributed by atoms with van der Waals surface area (Å²) in [5.41, 5.74) is 1.04. The van der Waals surface area contributed by atoms with Crippen molar-refractivity contribution in [2.75, 3.05) is 6.54 Å². The largest absolute Gasteiger partial charge is 0.481 e. The van der Waals surface area contributed by atoms with E-state index in [1.807, 2.05) is 13.8 Å². The highest BCUT2D eigenvalue weighted by Crippen LogP contribution is 2.17. The third-order valence-electron chi connectivity index (χ3n) is 3.38. The smallest absolute Gasteiger partial charge is 0.312 e. The summed E-state index contributed by atoms with van der Waals surface area (Å²) in [5.74, 6) is -2.95. The molecule has 0 fully saturated rings. The molecule has 0 radical (unpaired) electrons. The molecule has 0 saturated heterocycles. The number of hydrogen-bond donors (Lipinski definition) is 2. The fourth-order valence-electron chi connectivity index (χ4n) is 1.99. The predicted molar refractivity (Wildman–Crippen MR) is 79.7 cm³/mol. The normalized spacial score (nSPS) is 12.2. The van der Waals surface area contributed by atoms with Gasteiger partial charge in [0, 0.05) is 12.6 Å². The van der Waals surface area contributed by atoms with Crippen LogP contribution in [-0.2, 0) is 4.79 Å². The van der Waals surface area contributed by atoms with Crippen LogP contribution in [0.1, 0.15) is 47.5 Å². The number of aromatic nitrogens is 1. The summed E-state index contributed by atoms with van der Waals surface area (Å²) in [5, 5.41) is 15.5. The molecule has 1 atom stereocenters. The Balaban J connectivity index is 2.04. The quantitative estimate of drug-likeness (QED) is 0.853. The summed E-state index contributed by atoms with van der Waals surface area (Å²) < 4.78 is 17.9. The topological polar surface area (TPSA) is 92.4 Å². The first-order chi connectivity index (χ1) is 10.9. The van der Waals surface area contributed by atoms with Crippen molar-refractivity contribution in [1.82, 2.24) is 10.5 Å². The molecule has 0 saturated carbocycles. The number of carbonyl (C=O) groups is 2. The molecular weight excluding hydrogens is 303 g/mol. The lowest BCUT2D eigenvalue weighted by atomic mass is 9.99. The average molecular weight is 320 g/mol. The van der Waals surface area contributed by atoms with Crippen LogP contribution in [0.2, 0.25) is 0 Å². The van der Waals surface area contributed by atoms with Gasteiger partial charge >= 0.3 is 5.97 Å². The maximum Gasteiger partial charge on any atom is 0.312 e. The molecule has 0 aliphatic rings. The standard InChI is InChI=1S/C16H17FN2O4/c1-9(2)13-7-14(23-19-13)15(20)18-8-12(16(21)22)10-3-5-11(17)6-4-10/h3-7,9,12H,8H2,1-2H3,(H,18,20)(H,21,22). The van der Waals surface area contributed by atoms with E-state index in [2.05, 4.69) is 10.5 Å². The number of nitrogens with one attached hydrogen (secondary N) is 1. The van der Waals surface area contributed by atoms with E-state index >= 15 is 0 Å². The van der Waals surface area contributed by atoms with Crippen molar-refractivity contribution >= 4 is 11.9 Å². The Morgan fingerprint density at radius 1 is 1.30 bits per heavy atom. The number of halogens is 1. The zero-order chi connectivity index (χ0) is 17.0. The number of carboxylic acid groups (broad SMARTS) is 1. The molecule has 7 heteroatoms. The summed E-state index contributed by atoms with van der Waals surface area (Å²) in [6, 6.07) is 6.64. The van der Waals surface area contributed by atoms with Gasteiger partial charge in [0.1, 0.15) is 5.82 Å². The molecule has 2 N–H and O–H groups in total. The number of nitrogens with zero attached hydrogens (tertiary/aromatic N) is 1. The van der Waals surface area contributed by atoms with Gasteiger partial charge in [-0.1, -0.05) is 31.1 Å². The van der Waals surface area contributed by atoms with Crippen molar-refractivity contribution in [1.29, 1.82) is 0 Å². The lowest BCUT2D eigenvalue weighted by Crippen LogP contribution is -2.31. The van der Waals surface area contributed by atoms with Gasteiger partial charge in [-0.15, -0.1) is 0 Å². The van der Waals surface area contributed by atoms with Crippen LogP contribution in [0.15, 0.2) is 34.9 Å². The Hall–Kier alpha value is -2.70. The van der Waals surface area contributed by atoms with E-state index in [4.69, 9.17) is 4.52 Å². The van der Waals surface area contributed by atoms with Crippen molar-refractivity contribution in [3.05, 3.63) is 53.2 Å². The highest BCUT2D eigenvalue weighted by atomic mass is 19.1. The third kappa shape index (κ3) is 4.15. The Morgan fingerprint density at radius 3 is 2.48 bits per heavy atom. The number of carbonyl (C=O) groups excluding carboxylic acids is 1. The maximum absolute atomic E-state index is 12.9. The average Bonchev–Trinajstić information content (AvgIpc) is 2.99. The van der Waals surface area contributed by atoms with E-state index in [0.717, 1.165) is 0 Å². The third-order valence-corrected chi connectivity index (χ3v) is 3.38. The molecule has 1 aromatic carbocycles. The first-order valence-electron chi connectivity index (χ1n) is 7.11. The minimum atomic E-state index is -1.11. The van der Waals surface area contributed by atoms with Gasteiger partial charge in [-0.25, -0.2) is 4.39 Å². The zero-order valence-electron chi connectivity index (χ0n) is 12.7. The number of rotatable bonds is 6.